The second-order valence-electron chi connectivity index (χ2n) is 5.90. The maximum Gasteiger partial charge on any atom is 0.122 e. The Morgan fingerprint density at radius 2 is 2.24 bits per heavy atom. The van der Waals surface area contributed by atoms with Crippen LogP contribution < -0.4 is 4.74 Å². The molecule has 92 valence electrons. The topological polar surface area (TPSA) is 9.23 Å². The van der Waals surface area contributed by atoms with Gasteiger partial charge in [-0.2, -0.15) is 0 Å². The molecule has 1 aromatic rings. The average molecular weight is 251 g/mol. The van der Waals surface area contributed by atoms with Crippen molar-refractivity contribution in [2.45, 2.75) is 43.9 Å². The number of alkyl halides is 1. The molecule has 0 aromatic heterocycles. The minimum Gasteiger partial charge on any atom is -0.493 e. The fraction of sp³-hybridized carbons (Fsp3) is 0.600. The van der Waals surface area contributed by atoms with E-state index in [1.54, 1.807) is 0 Å². The van der Waals surface area contributed by atoms with Crippen LogP contribution in [-0.2, 0) is 0 Å². The second-order valence-corrected chi connectivity index (χ2v) is 6.52. The van der Waals surface area contributed by atoms with E-state index >= 15 is 0 Å². The van der Waals surface area contributed by atoms with E-state index in [0.717, 1.165) is 18.8 Å². The van der Waals surface area contributed by atoms with Gasteiger partial charge in [-0.1, -0.05) is 25.1 Å². The van der Waals surface area contributed by atoms with E-state index in [2.05, 4.69) is 25.1 Å². The highest BCUT2D eigenvalue weighted by atomic mass is 35.5. The van der Waals surface area contributed by atoms with Gasteiger partial charge in [0.25, 0.3) is 0 Å². The van der Waals surface area contributed by atoms with Crippen LogP contribution in [0.25, 0.3) is 0 Å². The monoisotopic (exact) mass is 250 g/mol. The van der Waals surface area contributed by atoms with Crippen molar-refractivity contribution in [2.75, 3.05) is 6.61 Å². The Labute approximate surface area is 108 Å². The van der Waals surface area contributed by atoms with Crippen LogP contribution in [0.4, 0.5) is 0 Å². The molecule has 0 radical (unpaired) electrons. The molecule has 1 aromatic carbocycles. The molecule has 3 rings (SSSR count). The van der Waals surface area contributed by atoms with Gasteiger partial charge >= 0.3 is 0 Å². The Hall–Kier alpha value is -0.690. The summed E-state index contributed by atoms with van der Waals surface area (Å²) >= 11 is 6.25. The van der Waals surface area contributed by atoms with Gasteiger partial charge in [-0.05, 0) is 37.2 Å². The lowest BCUT2D eigenvalue weighted by atomic mass is 9.78. The highest BCUT2D eigenvalue weighted by Gasteiger charge is 2.38. The third kappa shape index (κ3) is 2.18. The number of fused-ring (bicyclic) bond motifs is 1. The van der Waals surface area contributed by atoms with Crippen LogP contribution in [0.1, 0.15) is 44.1 Å². The van der Waals surface area contributed by atoms with Gasteiger partial charge in [-0.3, -0.25) is 0 Å². The number of rotatable bonds is 2. The fourth-order valence-corrected chi connectivity index (χ4v) is 3.90. The molecule has 1 fully saturated rings. The standard InChI is InChI=1S/C15H19ClO/c1-15(7-6-12(16)9-15)8-11-10-17-14-5-3-2-4-13(11)14/h2-5,11-12H,6-10H2,1H3. The van der Waals surface area contributed by atoms with Gasteiger partial charge in [0.15, 0.2) is 0 Å². The molecular formula is C15H19ClO. The summed E-state index contributed by atoms with van der Waals surface area (Å²) in [6.45, 7) is 3.23. The van der Waals surface area contributed by atoms with Crippen molar-refractivity contribution in [3.05, 3.63) is 29.8 Å². The predicted molar refractivity (Wildman–Crippen MR) is 70.9 cm³/mol. The Morgan fingerprint density at radius 3 is 3.00 bits per heavy atom. The van der Waals surface area contributed by atoms with Crippen LogP contribution >= 0.6 is 11.6 Å². The first-order chi connectivity index (χ1) is 8.16. The minimum atomic E-state index is 0.387. The lowest BCUT2D eigenvalue weighted by Crippen LogP contribution is -2.17. The summed E-state index contributed by atoms with van der Waals surface area (Å²) in [5.74, 6) is 1.65. The molecule has 1 aliphatic heterocycles. The number of benzene rings is 1. The van der Waals surface area contributed by atoms with Gasteiger partial charge in [-0.15, -0.1) is 11.6 Å². The second kappa shape index (κ2) is 4.20. The van der Waals surface area contributed by atoms with E-state index in [9.17, 15) is 0 Å². The average Bonchev–Trinajstić information content (AvgIpc) is 2.85. The number of para-hydroxylation sites is 1. The Bertz CT molecular complexity index is 417. The molecule has 1 saturated carbocycles. The van der Waals surface area contributed by atoms with E-state index < -0.39 is 0 Å². The molecule has 1 heterocycles. The van der Waals surface area contributed by atoms with Crippen molar-refractivity contribution in [2.24, 2.45) is 5.41 Å². The van der Waals surface area contributed by atoms with Gasteiger partial charge in [0.2, 0.25) is 0 Å². The summed E-state index contributed by atoms with van der Waals surface area (Å²) in [6.07, 6.45) is 4.81. The number of hydrogen-bond donors (Lipinski definition) is 0. The van der Waals surface area contributed by atoms with E-state index in [-0.39, 0.29) is 0 Å². The molecule has 2 aliphatic rings. The molecule has 2 heteroatoms. The van der Waals surface area contributed by atoms with Crippen LogP contribution in [0.15, 0.2) is 24.3 Å². The van der Waals surface area contributed by atoms with Crippen LogP contribution in [-0.4, -0.2) is 12.0 Å². The first kappa shape index (κ1) is 11.4. The lowest BCUT2D eigenvalue weighted by molar-refractivity contribution is 0.246. The van der Waals surface area contributed by atoms with Crippen LogP contribution in [0.5, 0.6) is 5.75 Å². The third-order valence-electron chi connectivity index (χ3n) is 4.31. The fourth-order valence-electron chi connectivity index (χ4n) is 3.42. The number of halogens is 1. The van der Waals surface area contributed by atoms with Crippen molar-refractivity contribution in [3.63, 3.8) is 0 Å². The van der Waals surface area contributed by atoms with E-state index in [1.165, 1.54) is 24.8 Å². The molecule has 1 nitrogen and oxygen atoms in total. The molecule has 0 bridgehead atoms. The molecule has 0 amide bonds. The Balaban J connectivity index is 1.75. The molecular weight excluding hydrogens is 232 g/mol. The van der Waals surface area contributed by atoms with Crippen LogP contribution in [0.3, 0.4) is 0 Å². The van der Waals surface area contributed by atoms with Gasteiger partial charge in [0.05, 0.1) is 6.61 Å². The van der Waals surface area contributed by atoms with Crippen LogP contribution in [0, 0.1) is 5.41 Å². The van der Waals surface area contributed by atoms with Gasteiger partial charge in [0, 0.05) is 16.9 Å². The molecule has 1 aliphatic carbocycles. The summed E-state index contributed by atoms with van der Waals surface area (Å²) in [5.41, 5.74) is 1.81. The zero-order valence-electron chi connectivity index (χ0n) is 10.3. The number of hydrogen-bond acceptors (Lipinski definition) is 1. The maximum atomic E-state index is 6.25. The SMILES string of the molecule is CC1(CC2COc3ccccc32)CCC(Cl)C1. The van der Waals surface area contributed by atoms with E-state index in [4.69, 9.17) is 16.3 Å². The van der Waals surface area contributed by atoms with E-state index in [0.29, 0.717) is 16.7 Å². The molecule has 17 heavy (non-hydrogen) atoms. The highest BCUT2D eigenvalue weighted by Crippen LogP contribution is 2.49. The maximum absolute atomic E-state index is 6.25. The summed E-state index contributed by atoms with van der Waals surface area (Å²) in [7, 11) is 0. The predicted octanol–water partition coefficient (Wildman–Crippen LogP) is 4.35. The van der Waals surface area contributed by atoms with Crippen LogP contribution in [0.2, 0.25) is 0 Å². The largest absolute Gasteiger partial charge is 0.493 e. The van der Waals surface area contributed by atoms with Crippen molar-refractivity contribution >= 4 is 11.6 Å². The van der Waals surface area contributed by atoms with Crippen molar-refractivity contribution < 1.29 is 4.74 Å². The molecule has 0 saturated heterocycles. The third-order valence-corrected chi connectivity index (χ3v) is 4.69. The molecule has 3 unspecified atom stereocenters. The Morgan fingerprint density at radius 1 is 1.41 bits per heavy atom. The smallest absolute Gasteiger partial charge is 0.122 e. The molecule has 0 spiro atoms. The first-order valence-corrected chi connectivity index (χ1v) is 6.96. The lowest BCUT2D eigenvalue weighted by Gasteiger charge is -2.26. The quantitative estimate of drug-likeness (QED) is 0.709. The number of ether oxygens (including phenoxy) is 1. The van der Waals surface area contributed by atoms with Crippen molar-refractivity contribution in [1.29, 1.82) is 0 Å². The zero-order chi connectivity index (χ0) is 11.9. The van der Waals surface area contributed by atoms with E-state index in [1.807, 2.05) is 6.07 Å². The van der Waals surface area contributed by atoms with Gasteiger partial charge in [0.1, 0.15) is 5.75 Å². The first-order valence-electron chi connectivity index (χ1n) is 6.52. The highest BCUT2D eigenvalue weighted by molar-refractivity contribution is 6.20. The Kier molecular flexibility index (Phi) is 2.82. The van der Waals surface area contributed by atoms with Crippen molar-refractivity contribution in [1.82, 2.24) is 0 Å². The van der Waals surface area contributed by atoms with Crippen molar-refractivity contribution in [3.8, 4) is 5.75 Å². The zero-order valence-corrected chi connectivity index (χ0v) is 11.0. The van der Waals surface area contributed by atoms with Gasteiger partial charge < -0.3 is 4.74 Å². The normalized spacial score (nSPS) is 35.6. The summed E-state index contributed by atoms with van der Waals surface area (Å²) in [4.78, 5) is 0. The summed E-state index contributed by atoms with van der Waals surface area (Å²) in [5, 5.41) is 0.387. The summed E-state index contributed by atoms with van der Waals surface area (Å²) in [6, 6.07) is 8.45. The minimum absolute atomic E-state index is 0.387. The van der Waals surface area contributed by atoms with Gasteiger partial charge in [-0.25, -0.2) is 0 Å². The summed E-state index contributed by atoms with van der Waals surface area (Å²) < 4.78 is 5.76. The molecule has 3 atom stereocenters. The molecule has 0 N–H and O–H groups in total.